The minimum atomic E-state index is -1.07. The maximum Gasteiger partial charge on any atom is 0.330 e. The molecule has 0 saturated carbocycles. The topological polar surface area (TPSA) is 84.9 Å². The van der Waals surface area contributed by atoms with Crippen LogP contribution in [0, 0.1) is 6.92 Å². The third-order valence-corrected chi connectivity index (χ3v) is 2.39. The zero-order valence-electron chi connectivity index (χ0n) is 10.9. The van der Waals surface area contributed by atoms with Crippen molar-refractivity contribution in [1.82, 2.24) is 5.32 Å². The molecule has 0 aliphatic carbocycles. The molecule has 0 heterocycles. The van der Waals surface area contributed by atoms with E-state index in [0.29, 0.717) is 5.75 Å². The van der Waals surface area contributed by atoms with Gasteiger partial charge >= 0.3 is 5.97 Å². The number of carbonyl (C=O) groups is 2. The second-order valence-electron chi connectivity index (χ2n) is 3.93. The normalized spacial score (nSPS) is 11.5. The summed E-state index contributed by atoms with van der Waals surface area (Å²) >= 11 is 0. The van der Waals surface area contributed by atoms with Crippen molar-refractivity contribution < 1.29 is 24.2 Å². The first-order valence-electron chi connectivity index (χ1n) is 5.74. The molecular weight excluding hydrogens is 250 g/mol. The number of methoxy groups -OCH3 is 1. The van der Waals surface area contributed by atoms with E-state index in [1.54, 1.807) is 12.1 Å². The van der Waals surface area contributed by atoms with E-state index in [9.17, 15) is 9.59 Å². The summed E-state index contributed by atoms with van der Waals surface area (Å²) in [6.07, 6.45) is 0. The van der Waals surface area contributed by atoms with Crippen molar-refractivity contribution in [3.05, 3.63) is 29.8 Å². The Morgan fingerprint density at radius 3 is 2.47 bits per heavy atom. The third-order valence-electron chi connectivity index (χ3n) is 2.39. The molecule has 0 aliphatic heterocycles. The molecule has 0 aliphatic rings. The number of aryl methyl sites for hydroxylation is 1. The van der Waals surface area contributed by atoms with Crippen molar-refractivity contribution in [2.45, 2.75) is 13.0 Å². The molecule has 0 spiro atoms. The van der Waals surface area contributed by atoms with Gasteiger partial charge in [0.05, 0.1) is 13.7 Å². The van der Waals surface area contributed by atoms with Gasteiger partial charge in [0.1, 0.15) is 5.75 Å². The summed E-state index contributed by atoms with van der Waals surface area (Å²) in [5.41, 5.74) is 1.09. The number of hydrogen-bond donors (Lipinski definition) is 2. The van der Waals surface area contributed by atoms with Crippen LogP contribution in [0.4, 0.5) is 0 Å². The smallest absolute Gasteiger partial charge is 0.330 e. The summed E-state index contributed by atoms with van der Waals surface area (Å²) in [5, 5.41) is 11.2. The van der Waals surface area contributed by atoms with E-state index in [0.717, 1.165) is 5.56 Å². The third kappa shape index (κ3) is 4.97. The van der Waals surface area contributed by atoms with Crippen molar-refractivity contribution in [3.63, 3.8) is 0 Å². The molecule has 0 bridgehead atoms. The van der Waals surface area contributed by atoms with Crippen molar-refractivity contribution in [2.75, 3.05) is 20.3 Å². The summed E-state index contributed by atoms with van der Waals surface area (Å²) < 4.78 is 9.66. The van der Waals surface area contributed by atoms with Gasteiger partial charge in [-0.2, -0.15) is 0 Å². The van der Waals surface area contributed by atoms with E-state index in [-0.39, 0.29) is 6.61 Å². The first-order chi connectivity index (χ1) is 9.06. The van der Waals surface area contributed by atoms with E-state index in [1.807, 2.05) is 19.1 Å². The number of hydrogen-bond acceptors (Lipinski definition) is 5. The standard InChI is InChI=1S/C13H17NO5/c1-9-3-5-10(6-4-9)19-8-12(16)14-11(7-15)13(17)18-2/h3-6,11,15H,7-8H2,1-2H3,(H,14,16). The molecule has 19 heavy (non-hydrogen) atoms. The van der Waals surface area contributed by atoms with Gasteiger partial charge in [-0.1, -0.05) is 17.7 Å². The van der Waals surface area contributed by atoms with Gasteiger partial charge in [-0.25, -0.2) is 4.79 Å². The van der Waals surface area contributed by atoms with Crippen LogP contribution in [-0.4, -0.2) is 43.3 Å². The molecule has 2 N–H and O–H groups in total. The van der Waals surface area contributed by atoms with Crippen molar-refractivity contribution in [2.24, 2.45) is 0 Å². The summed E-state index contributed by atoms with van der Waals surface area (Å²) in [6, 6.07) is 6.13. The summed E-state index contributed by atoms with van der Waals surface area (Å²) in [7, 11) is 1.18. The molecule has 0 aromatic heterocycles. The van der Waals surface area contributed by atoms with Crippen LogP contribution in [0.5, 0.6) is 5.75 Å². The van der Waals surface area contributed by atoms with E-state index in [1.165, 1.54) is 7.11 Å². The van der Waals surface area contributed by atoms with Gasteiger partial charge in [-0.05, 0) is 19.1 Å². The van der Waals surface area contributed by atoms with Gasteiger partial charge < -0.3 is 19.9 Å². The number of ether oxygens (including phenoxy) is 2. The number of aliphatic hydroxyl groups excluding tert-OH is 1. The summed E-state index contributed by atoms with van der Waals surface area (Å²) in [4.78, 5) is 22.7. The molecule has 6 nitrogen and oxygen atoms in total. The molecule has 6 heteroatoms. The molecule has 1 amide bonds. The average molecular weight is 267 g/mol. The molecule has 0 fully saturated rings. The average Bonchev–Trinajstić information content (AvgIpc) is 2.43. The van der Waals surface area contributed by atoms with E-state index < -0.39 is 24.5 Å². The highest BCUT2D eigenvalue weighted by Crippen LogP contribution is 2.10. The number of carbonyl (C=O) groups excluding carboxylic acids is 2. The highest BCUT2D eigenvalue weighted by Gasteiger charge is 2.20. The first kappa shape index (κ1) is 15.0. The fraction of sp³-hybridized carbons (Fsp3) is 0.385. The van der Waals surface area contributed by atoms with Crippen LogP contribution in [-0.2, 0) is 14.3 Å². The molecule has 1 aromatic carbocycles. The number of benzene rings is 1. The Bertz CT molecular complexity index is 429. The second kappa shape index (κ2) is 7.38. The number of rotatable bonds is 6. The van der Waals surface area contributed by atoms with Crippen LogP contribution in [0.15, 0.2) is 24.3 Å². The van der Waals surface area contributed by atoms with Crippen LogP contribution in [0.3, 0.4) is 0 Å². The lowest BCUT2D eigenvalue weighted by atomic mass is 10.2. The van der Waals surface area contributed by atoms with E-state index >= 15 is 0 Å². The molecule has 1 aromatic rings. The Balaban J connectivity index is 2.42. The van der Waals surface area contributed by atoms with Crippen LogP contribution < -0.4 is 10.1 Å². The Kier molecular flexibility index (Phi) is 5.81. The van der Waals surface area contributed by atoms with Crippen LogP contribution in [0.1, 0.15) is 5.56 Å². The lowest BCUT2D eigenvalue weighted by molar-refractivity contribution is -0.146. The number of esters is 1. The van der Waals surface area contributed by atoms with Crippen molar-refractivity contribution >= 4 is 11.9 Å². The lowest BCUT2D eigenvalue weighted by Gasteiger charge is -2.14. The predicted octanol–water partition coefficient (Wildman–Crippen LogP) is 0.0239. The van der Waals surface area contributed by atoms with Gasteiger partial charge in [-0.15, -0.1) is 0 Å². The summed E-state index contributed by atoms with van der Waals surface area (Å²) in [6.45, 7) is 1.18. The number of nitrogens with one attached hydrogen (secondary N) is 1. The van der Waals surface area contributed by atoms with E-state index in [4.69, 9.17) is 9.84 Å². The lowest BCUT2D eigenvalue weighted by Crippen LogP contribution is -2.45. The Hall–Kier alpha value is -2.08. The van der Waals surface area contributed by atoms with Gasteiger partial charge in [0.25, 0.3) is 5.91 Å². The monoisotopic (exact) mass is 267 g/mol. The Morgan fingerprint density at radius 1 is 1.32 bits per heavy atom. The van der Waals surface area contributed by atoms with Gasteiger partial charge in [0.15, 0.2) is 12.6 Å². The Labute approximate surface area is 111 Å². The molecular formula is C13H17NO5. The SMILES string of the molecule is COC(=O)C(CO)NC(=O)COc1ccc(C)cc1. The van der Waals surface area contributed by atoms with Crippen LogP contribution in [0.25, 0.3) is 0 Å². The predicted molar refractivity (Wildman–Crippen MR) is 67.7 cm³/mol. The highest BCUT2D eigenvalue weighted by molar-refractivity contribution is 5.85. The minimum Gasteiger partial charge on any atom is -0.484 e. The largest absolute Gasteiger partial charge is 0.484 e. The molecule has 1 atom stereocenters. The van der Waals surface area contributed by atoms with Crippen LogP contribution in [0.2, 0.25) is 0 Å². The molecule has 104 valence electrons. The molecule has 1 unspecified atom stereocenters. The number of amides is 1. The first-order valence-corrected chi connectivity index (χ1v) is 5.74. The fourth-order valence-corrected chi connectivity index (χ4v) is 1.34. The zero-order valence-corrected chi connectivity index (χ0v) is 10.9. The summed E-state index contributed by atoms with van der Waals surface area (Å²) in [5.74, 6) is -0.657. The maximum atomic E-state index is 11.5. The van der Waals surface area contributed by atoms with Crippen LogP contribution >= 0.6 is 0 Å². The van der Waals surface area contributed by atoms with Gasteiger partial charge in [-0.3, -0.25) is 4.79 Å². The fourth-order valence-electron chi connectivity index (χ4n) is 1.34. The van der Waals surface area contributed by atoms with Gasteiger partial charge in [0, 0.05) is 0 Å². The maximum absolute atomic E-state index is 11.5. The number of aliphatic hydroxyl groups is 1. The van der Waals surface area contributed by atoms with Crippen molar-refractivity contribution in [1.29, 1.82) is 0 Å². The molecule has 1 rings (SSSR count). The van der Waals surface area contributed by atoms with Gasteiger partial charge in [0.2, 0.25) is 0 Å². The van der Waals surface area contributed by atoms with Crippen molar-refractivity contribution in [3.8, 4) is 5.75 Å². The minimum absolute atomic E-state index is 0.240. The molecule has 0 saturated heterocycles. The zero-order chi connectivity index (χ0) is 14.3. The second-order valence-corrected chi connectivity index (χ2v) is 3.93. The molecule has 0 radical (unpaired) electrons. The quantitative estimate of drug-likeness (QED) is 0.710. The highest BCUT2D eigenvalue weighted by atomic mass is 16.5. The Morgan fingerprint density at radius 2 is 1.95 bits per heavy atom. The van der Waals surface area contributed by atoms with E-state index in [2.05, 4.69) is 10.1 Å².